The van der Waals surface area contributed by atoms with Crippen LogP contribution < -0.4 is 15.4 Å². The number of halogens is 3. The molecule has 2 N–H and O–H groups in total. The average Bonchev–Trinajstić information content (AvgIpc) is 2.54. The number of ether oxygens (including phenoxy) is 1. The molecule has 0 aliphatic carbocycles. The lowest BCUT2D eigenvalue weighted by Gasteiger charge is -2.11. The normalized spacial score (nSPS) is 10.3. The van der Waals surface area contributed by atoms with Gasteiger partial charge >= 0.3 is 0 Å². The molecule has 2 rings (SSSR count). The van der Waals surface area contributed by atoms with Crippen LogP contribution in [0.1, 0.15) is 19.8 Å². The first kappa shape index (κ1) is 20.6. The van der Waals surface area contributed by atoms with Gasteiger partial charge in [-0.25, -0.2) is 0 Å². The molecule has 0 aromatic heterocycles. The van der Waals surface area contributed by atoms with E-state index in [2.05, 4.69) is 26.6 Å². The van der Waals surface area contributed by atoms with Crippen molar-refractivity contribution in [2.24, 2.45) is 0 Å². The molecule has 0 radical (unpaired) electrons. The van der Waals surface area contributed by atoms with Crippen molar-refractivity contribution in [1.82, 2.24) is 0 Å². The van der Waals surface area contributed by atoms with Crippen molar-refractivity contribution in [1.29, 1.82) is 0 Å². The van der Waals surface area contributed by atoms with E-state index < -0.39 is 0 Å². The van der Waals surface area contributed by atoms with Crippen LogP contribution in [-0.2, 0) is 9.59 Å². The number of amides is 2. The summed E-state index contributed by atoms with van der Waals surface area (Å²) in [5.74, 6) is -0.0895. The number of hydrogen-bond acceptors (Lipinski definition) is 3. The summed E-state index contributed by atoms with van der Waals surface area (Å²) >= 11 is 15.2. The zero-order valence-corrected chi connectivity index (χ0v) is 17.0. The van der Waals surface area contributed by atoms with Crippen molar-refractivity contribution >= 4 is 62.3 Å². The molecule has 0 aliphatic heterocycles. The molecule has 0 fully saturated rings. The Balaban J connectivity index is 1.95. The Labute approximate surface area is 170 Å². The number of nitrogens with one attached hydrogen (secondary N) is 2. The standard InChI is InChI=1S/C18H17BrCl2N2O3/c1-2-4-16(24)22-12-5-3-6-13(9-12)23-17(25)10-26-18-14(19)7-11(20)8-15(18)21/h3,5-9H,2,4,10H2,1H3,(H,22,24)(H,23,25). The monoisotopic (exact) mass is 458 g/mol. The van der Waals surface area contributed by atoms with E-state index in [1.165, 1.54) is 6.07 Å². The summed E-state index contributed by atoms with van der Waals surface area (Å²) in [5, 5.41) is 6.25. The van der Waals surface area contributed by atoms with Gasteiger partial charge in [0, 0.05) is 22.8 Å². The number of benzene rings is 2. The summed E-state index contributed by atoms with van der Waals surface area (Å²) in [4.78, 5) is 23.8. The second-order valence-corrected chi connectivity index (χ2v) is 7.11. The van der Waals surface area contributed by atoms with Crippen LogP contribution in [0.4, 0.5) is 11.4 Å². The van der Waals surface area contributed by atoms with Crippen LogP contribution in [0.3, 0.4) is 0 Å². The van der Waals surface area contributed by atoms with E-state index in [0.717, 1.165) is 6.42 Å². The largest absolute Gasteiger partial charge is 0.481 e. The van der Waals surface area contributed by atoms with Crippen LogP contribution in [0.15, 0.2) is 40.9 Å². The lowest BCUT2D eigenvalue weighted by atomic mass is 10.2. The van der Waals surface area contributed by atoms with Gasteiger partial charge in [0.1, 0.15) is 0 Å². The van der Waals surface area contributed by atoms with Crippen molar-refractivity contribution < 1.29 is 14.3 Å². The molecule has 0 spiro atoms. The number of carbonyl (C=O) groups is 2. The maximum Gasteiger partial charge on any atom is 0.262 e. The van der Waals surface area contributed by atoms with Crippen molar-refractivity contribution in [3.63, 3.8) is 0 Å². The summed E-state index contributed by atoms with van der Waals surface area (Å²) in [6.07, 6.45) is 1.21. The Kier molecular flexibility index (Phi) is 7.75. The molecule has 0 saturated heterocycles. The molecular weight excluding hydrogens is 443 g/mol. The summed E-state index contributed by atoms with van der Waals surface area (Å²) in [6, 6.07) is 10.1. The lowest BCUT2D eigenvalue weighted by molar-refractivity contribution is -0.118. The van der Waals surface area contributed by atoms with E-state index in [4.69, 9.17) is 27.9 Å². The van der Waals surface area contributed by atoms with E-state index in [1.807, 2.05) is 6.92 Å². The lowest BCUT2D eigenvalue weighted by Crippen LogP contribution is -2.20. The van der Waals surface area contributed by atoms with E-state index in [-0.39, 0.29) is 18.4 Å². The maximum atomic E-state index is 12.1. The van der Waals surface area contributed by atoms with Gasteiger partial charge in [0.05, 0.1) is 9.50 Å². The van der Waals surface area contributed by atoms with E-state index in [9.17, 15) is 9.59 Å². The highest BCUT2D eigenvalue weighted by Gasteiger charge is 2.11. The Morgan fingerprint density at radius 2 is 1.73 bits per heavy atom. The van der Waals surface area contributed by atoms with Crippen molar-refractivity contribution in [2.45, 2.75) is 19.8 Å². The minimum atomic E-state index is -0.361. The summed E-state index contributed by atoms with van der Waals surface area (Å²) in [5.41, 5.74) is 1.17. The summed E-state index contributed by atoms with van der Waals surface area (Å²) < 4.78 is 6.02. The van der Waals surface area contributed by atoms with Gasteiger partial charge in [-0.15, -0.1) is 0 Å². The van der Waals surface area contributed by atoms with Crippen LogP contribution in [0.2, 0.25) is 10.0 Å². The summed E-state index contributed by atoms with van der Waals surface area (Å²) in [7, 11) is 0. The number of carbonyl (C=O) groups excluding carboxylic acids is 2. The van der Waals surface area contributed by atoms with Gasteiger partial charge in [-0.2, -0.15) is 0 Å². The van der Waals surface area contributed by atoms with Crippen LogP contribution in [0.5, 0.6) is 5.75 Å². The van der Waals surface area contributed by atoms with Gasteiger partial charge in [0.2, 0.25) is 5.91 Å². The third-order valence-electron chi connectivity index (χ3n) is 3.22. The first-order chi connectivity index (χ1) is 12.4. The van der Waals surface area contributed by atoms with Gasteiger partial charge in [-0.1, -0.05) is 36.2 Å². The molecule has 0 unspecified atom stereocenters. The minimum Gasteiger partial charge on any atom is -0.481 e. The third-order valence-corrected chi connectivity index (χ3v) is 4.31. The van der Waals surface area contributed by atoms with Crippen LogP contribution in [0, 0.1) is 0 Å². The molecule has 138 valence electrons. The van der Waals surface area contributed by atoms with E-state index in [1.54, 1.807) is 30.3 Å². The highest BCUT2D eigenvalue weighted by Crippen LogP contribution is 2.36. The number of rotatable bonds is 7. The fraction of sp³-hybridized carbons (Fsp3) is 0.222. The molecule has 5 nitrogen and oxygen atoms in total. The smallest absolute Gasteiger partial charge is 0.262 e. The maximum absolute atomic E-state index is 12.1. The van der Waals surface area contributed by atoms with Gasteiger partial charge in [-0.05, 0) is 52.7 Å². The molecule has 0 heterocycles. The van der Waals surface area contributed by atoms with E-state index >= 15 is 0 Å². The van der Waals surface area contributed by atoms with Gasteiger partial charge in [0.15, 0.2) is 12.4 Å². The topological polar surface area (TPSA) is 67.4 Å². The Hall–Kier alpha value is -1.76. The van der Waals surface area contributed by atoms with Gasteiger partial charge < -0.3 is 15.4 Å². The zero-order chi connectivity index (χ0) is 19.1. The highest BCUT2D eigenvalue weighted by atomic mass is 79.9. The van der Waals surface area contributed by atoms with Crippen LogP contribution >= 0.6 is 39.1 Å². The predicted octanol–water partition coefficient (Wildman–Crippen LogP) is 5.51. The first-order valence-electron chi connectivity index (χ1n) is 7.86. The van der Waals surface area contributed by atoms with Crippen LogP contribution in [-0.4, -0.2) is 18.4 Å². The molecule has 26 heavy (non-hydrogen) atoms. The Bertz CT molecular complexity index is 792. The molecule has 0 bridgehead atoms. The highest BCUT2D eigenvalue weighted by molar-refractivity contribution is 9.10. The summed E-state index contributed by atoms with van der Waals surface area (Å²) in [6.45, 7) is 1.70. The first-order valence-corrected chi connectivity index (χ1v) is 9.41. The van der Waals surface area contributed by atoms with E-state index in [0.29, 0.717) is 38.1 Å². The minimum absolute atomic E-state index is 0.0680. The van der Waals surface area contributed by atoms with Crippen molar-refractivity contribution in [3.05, 3.63) is 50.9 Å². The van der Waals surface area contributed by atoms with Crippen molar-refractivity contribution in [3.8, 4) is 5.75 Å². The molecule has 0 aliphatic rings. The second-order valence-electron chi connectivity index (χ2n) is 5.41. The fourth-order valence-electron chi connectivity index (χ4n) is 2.13. The van der Waals surface area contributed by atoms with Gasteiger partial charge in [-0.3, -0.25) is 9.59 Å². The van der Waals surface area contributed by atoms with Crippen molar-refractivity contribution in [2.75, 3.05) is 17.2 Å². The molecule has 2 aromatic carbocycles. The quantitative estimate of drug-likeness (QED) is 0.573. The number of anilines is 2. The Morgan fingerprint density at radius 3 is 2.35 bits per heavy atom. The van der Waals surface area contributed by atoms with Crippen LogP contribution in [0.25, 0.3) is 0 Å². The third kappa shape index (κ3) is 6.20. The fourth-order valence-corrected chi connectivity index (χ4v) is 3.50. The second kappa shape index (κ2) is 9.80. The molecule has 2 aromatic rings. The molecule has 2 amide bonds. The average molecular weight is 460 g/mol. The molecule has 0 saturated carbocycles. The SMILES string of the molecule is CCCC(=O)Nc1cccc(NC(=O)COc2c(Cl)cc(Cl)cc2Br)c1. The zero-order valence-electron chi connectivity index (χ0n) is 13.9. The van der Waals surface area contributed by atoms with Gasteiger partial charge in [0.25, 0.3) is 5.91 Å². The Morgan fingerprint density at radius 1 is 1.08 bits per heavy atom. The molecular formula is C18H17BrCl2N2O3. The molecule has 8 heteroatoms. The molecule has 0 atom stereocenters. The number of hydrogen-bond donors (Lipinski definition) is 2. The predicted molar refractivity (Wildman–Crippen MR) is 108 cm³/mol.